The first kappa shape index (κ1) is 15.0. The van der Waals surface area contributed by atoms with Crippen LogP contribution >= 0.6 is 11.6 Å². The van der Waals surface area contributed by atoms with Crippen LogP contribution in [0.25, 0.3) is 0 Å². The highest BCUT2D eigenvalue weighted by Crippen LogP contribution is 2.27. The van der Waals surface area contributed by atoms with Crippen LogP contribution in [0.3, 0.4) is 0 Å². The van der Waals surface area contributed by atoms with Crippen LogP contribution in [0.4, 0.5) is 11.4 Å². The number of nitro benzene ring substituents is 1. The average molecular weight is 305 g/mol. The first-order valence-corrected chi connectivity index (χ1v) is 6.63. The molecule has 0 heterocycles. The molecule has 0 aromatic heterocycles. The molecule has 0 saturated carbocycles. The minimum Gasteiger partial charge on any atom is -0.326 e. The van der Waals surface area contributed by atoms with E-state index in [0.29, 0.717) is 5.69 Å². The fourth-order valence-electron chi connectivity index (χ4n) is 1.92. The van der Waals surface area contributed by atoms with Crippen molar-refractivity contribution in [1.82, 2.24) is 0 Å². The van der Waals surface area contributed by atoms with Crippen molar-refractivity contribution in [1.29, 1.82) is 0 Å². The van der Waals surface area contributed by atoms with Crippen molar-refractivity contribution in [2.75, 3.05) is 5.32 Å². The van der Waals surface area contributed by atoms with Gasteiger partial charge in [-0.25, -0.2) is 0 Å². The van der Waals surface area contributed by atoms with Crippen molar-refractivity contribution >= 4 is 28.9 Å². The lowest BCUT2D eigenvalue weighted by molar-refractivity contribution is -0.384. The van der Waals surface area contributed by atoms with Gasteiger partial charge in [-0.2, -0.15) is 0 Å². The van der Waals surface area contributed by atoms with Gasteiger partial charge < -0.3 is 5.32 Å². The van der Waals surface area contributed by atoms with Gasteiger partial charge in [0.1, 0.15) is 5.02 Å². The van der Waals surface area contributed by atoms with Gasteiger partial charge in [0, 0.05) is 11.8 Å². The highest BCUT2D eigenvalue weighted by atomic mass is 35.5. The number of amides is 1. The van der Waals surface area contributed by atoms with Crippen molar-refractivity contribution in [2.45, 2.75) is 13.3 Å². The quantitative estimate of drug-likeness (QED) is 0.691. The van der Waals surface area contributed by atoms with Crippen molar-refractivity contribution in [3.63, 3.8) is 0 Å². The van der Waals surface area contributed by atoms with E-state index in [-0.39, 0.29) is 23.0 Å². The Labute approximate surface area is 126 Å². The number of nitro groups is 1. The minimum absolute atomic E-state index is 0.0388. The van der Waals surface area contributed by atoms with Crippen LogP contribution in [0, 0.1) is 17.0 Å². The predicted octanol–water partition coefficient (Wildman–Crippen LogP) is 3.74. The Morgan fingerprint density at radius 2 is 2.00 bits per heavy atom. The fraction of sp³-hybridized carbons (Fsp3) is 0.133. The maximum absolute atomic E-state index is 12.0. The molecule has 0 aliphatic rings. The zero-order valence-electron chi connectivity index (χ0n) is 11.3. The SMILES string of the molecule is Cc1ccccc1CC(=O)Nc1ccc(Cl)c([N+](=O)[O-])c1. The Morgan fingerprint density at radius 1 is 1.29 bits per heavy atom. The predicted molar refractivity (Wildman–Crippen MR) is 81.6 cm³/mol. The summed E-state index contributed by atoms with van der Waals surface area (Å²) in [6, 6.07) is 11.7. The molecule has 0 aliphatic carbocycles. The summed E-state index contributed by atoms with van der Waals surface area (Å²) < 4.78 is 0. The molecule has 0 aliphatic heterocycles. The second-order valence-electron chi connectivity index (χ2n) is 4.57. The maximum atomic E-state index is 12.0. The molecule has 5 nitrogen and oxygen atoms in total. The number of halogens is 1. The summed E-state index contributed by atoms with van der Waals surface area (Å²) in [5, 5.41) is 13.5. The van der Waals surface area contributed by atoms with E-state index in [1.165, 1.54) is 18.2 Å². The molecule has 6 heteroatoms. The molecule has 0 bridgehead atoms. The van der Waals surface area contributed by atoms with Gasteiger partial charge in [0.15, 0.2) is 0 Å². The third kappa shape index (κ3) is 3.79. The Hall–Kier alpha value is -2.40. The molecular weight excluding hydrogens is 292 g/mol. The van der Waals surface area contributed by atoms with Gasteiger partial charge in [-0.15, -0.1) is 0 Å². The Bertz CT molecular complexity index is 701. The summed E-state index contributed by atoms with van der Waals surface area (Å²) >= 11 is 5.72. The van der Waals surface area contributed by atoms with Crippen molar-refractivity contribution in [3.05, 3.63) is 68.7 Å². The molecule has 0 spiro atoms. The summed E-state index contributed by atoms with van der Waals surface area (Å²) in [5.41, 5.74) is 2.06. The highest BCUT2D eigenvalue weighted by molar-refractivity contribution is 6.32. The van der Waals surface area contributed by atoms with Gasteiger partial charge in [0.05, 0.1) is 11.3 Å². The largest absolute Gasteiger partial charge is 0.326 e. The van der Waals surface area contributed by atoms with E-state index in [9.17, 15) is 14.9 Å². The van der Waals surface area contributed by atoms with E-state index in [1.807, 2.05) is 31.2 Å². The topological polar surface area (TPSA) is 72.2 Å². The number of carbonyl (C=O) groups excluding carboxylic acids is 1. The third-order valence-electron chi connectivity index (χ3n) is 3.04. The average Bonchev–Trinajstić information content (AvgIpc) is 2.43. The number of nitrogens with zero attached hydrogens (tertiary/aromatic N) is 1. The lowest BCUT2D eigenvalue weighted by atomic mass is 10.1. The highest BCUT2D eigenvalue weighted by Gasteiger charge is 2.14. The summed E-state index contributed by atoms with van der Waals surface area (Å²) in [7, 11) is 0. The van der Waals surface area contributed by atoms with Crippen LogP contribution < -0.4 is 5.32 Å². The molecule has 1 N–H and O–H groups in total. The first-order valence-electron chi connectivity index (χ1n) is 6.25. The van der Waals surface area contributed by atoms with Gasteiger partial charge in [-0.1, -0.05) is 35.9 Å². The molecule has 2 rings (SSSR count). The van der Waals surface area contributed by atoms with E-state index >= 15 is 0 Å². The number of hydrogen-bond acceptors (Lipinski definition) is 3. The van der Waals surface area contributed by atoms with Crippen LogP contribution in [-0.2, 0) is 11.2 Å². The molecule has 108 valence electrons. The molecule has 0 fully saturated rings. The zero-order valence-corrected chi connectivity index (χ0v) is 12.1. The van der Waals surface area contributed by atoms with E-state index < -0.39 is 4.92 Å². The number of benzene rings is 2. The zero-order chi connectivity index (χ0) is 15.4. The monoisotopic (exact) mass is 304 g/mol. The molecule has 0 radical (unpaired) electrons. The van der Waals surface area contributed by atoms with Crippen LogP contribution in [0.2, 0.25) is 5.02 Å². The Balaban J connectivity index is 2.12. The van der Waals surface area contributed by atoms with E-state index in [4.69, 9.17) is 11.6 Å². The lowest BCUT2D eigenvalue weighted by Crippen LogP contribution is -2.15. The maximum Gasteiger partial charge on any atom is 0.289 e. The van der Waals surface area contributed by atoms with Crippen LogP contribution in [-0.4, -0.2) is 10.8 Å². The van der Waals surface area contributed by atoms with Crippen molar-refractivity contribution in [3.8, 4) is 0 Å². The summed E-state index contributed by atoms with van der Waals surface area (Å²) in [6.07, 6.45) is 0.211. The van der Waals surface area contributed by atoms with Gasteiger partial charge in [-0.3, -0.25) is 14.9 Å². The minimum atomic E-state index is -0.584. The summed E-state index contributed by atoms with van der Waals surface area (Å²) in [4.78, 5) is 22.2. The molecule has 2 aromatic rings. The van der Waals surface area contributed by atoms with Crippen LogP contribution in [0.15, 0.2) is 42.5 Å². The standard InChI is InChI=1S/C15H13ClN2O3/c1-10-4-2-3-5-11(10)8-15(19)17-12-6-7-13(16)14(9-12)18(20)21/h2-7,9H,8H2,1H3,(H,17,19). The molecular formula is C15H13ClN2O3. The fourth-order valence-corrected chi connectivity index (χ4v) is 2.10. The Morgan fingerprint density at radius 3 is 2.67 bits per heavy atom. The van der Waals surface area contributed by atoms with E-state index in [2.05, 4.69) is 5.32 Å². The van der Waals surface area contributed by atoms with Crippen molar-refractivity contribution < 1.29 is 9.72 Å². The smallest absolute Gasteiger partial charge is 0.289 e. The van der Waals surface area contributed by atoms with Crippen molar-refractivity contribution in [2.24, 2.45) is 0 Å². The van der Waals surface area contributed by atoms with Crippen LogP contribution in [0.1, 0.15) is 11.1 Å². The molecule has 0 atom stereocenters. The molecule has 1 amide bonds. The molecule has 0 saturated heterocycles. The summed E-state index contributed by atoms with van der Waals surface area (Å²) in [5.74, 6) is -0.235. The van der Waals surface area contributed by atoms with E-state index in [0.717, 1.165) is 11.1 Å². The number of carbonyl (C=O) groups is 1. The molecule has 2 aromatic carbocycles. The van der Waals surface area contributed by atoms with Gasteiger partial charge in [0.2, 0.25) is 5.91 Å². The second-order valence-corrected chi connectivity index (χ2v) is 4.98. The van der Waals surface area contributed by atoms with E-state index in [1.54, 1.807) is 0 Å². The van der Waals surface area contributed by atoms with Gasteiger partial charge in [-0.05, 0) is 30.2 Å². The normalized spacial score (nSPS) is 10.2. The molecule has 0 unspecified atom stereocenters. The first-order chi connectivity index (χ1) is 9.97. The lowest BCUT2D eigenvalue weighted by Gasteiger charge is -2.07. The van der Waals surface area contributed by atoms with Gasteiger partial charge in [0.25, 0.3) is 5.69 Å². The third-order valence-corrected chi connectivity index (χ3v) is 3.36. The number of hydrogen-bond donors (Lipinski definition) is 1. The number of anilines is 1. The number of rotatable bonds is 4. The van der Waals surface area contributed by atoms with Gasteiger partial charge >= 0.3 is 0 Å². The Kier molecular flexibility index (Phi) is 4.55. The number of nitrogens with one attached hydrogen (secondary N) is 1. The molecule has 21 heavy (non-hydrogen) atoms. The summed E-state index contributed by atoms with van der Waals surface area (Å²) in [6.45, 7) is 1.93. The number of aryl methyl sites for hydroxylation is 1. The second kappa shape index (κ2) is 6.37. The van der Waals surface area contributed by atoms with Crippen LogP contribution in [0.5, 0.6) is 0 Å².